The number of halogens is 1. The summed E-state index contributed by atoms with van der Waals surface area (Å²) in [7, 11) is 0. The average Bonchev–Trinajstić information content (AvgIpc) is 2.54. The number of phenols is 1. The van der Waals surface area contributed by atoms with E-state index in [0.717, 1.165) is 12.0 Å². The van der Waals surface area contributed by atoms with E-state index >= 15 is 0 Å². The third-order valence-electron chi connectivity index (χ3n) is 4.10. The Labute approximate surface area is 139 Å². The van der Waals surface area contributed by atoms with Crippen LogP contribution in [0.2, 0.25) is 5.02 Å². The second-order valence-electron chi connectivity index (χ2n) is 5.67. The molecule has 1 unspecified atom stereocenters. The lowest BCUT2D eigenvalue weighted by Gasteiger charge is -2.15. The molecule has 0 radical (unpaired) electrons. The molecule has 3 aromatic rings. The van der Waals surface area contributed by atoms with E-state index in [1.165, 1.54) is 12.1 Å². The number of benzene rings is 2. The summed E-state index contributed by atoms with van der Waals surface area (Å²) in [5.41, 5.74) is 1.66. The Morgan fingerprint density at radius 3 is 2.52 bits per heavy atom. The van der Waals surface area contributed by atoms with Crippen LogP contribution in [-0.4, -0.2) is 5.11 Å². The van der Waals surface area contributed by atoms with Crippen LogP contribution in [0.3, 0.4) is 0 Å². The SMILES string of the molecule is CCC(C)c1oc2cc(O)ccc2c(=O)c1-c1ccc(Cl)cc1. The van der Waals surface area contributed by atoms with Crippen LogP contribution in [-0.2, 0) is 0 Å². The Balaban J connectivity index is 2.38. The van der Waals surface area contributed by atoms with Crippen molar-refractivity contribution in [1.82, 2.24) is 0 Å². The molecular weight excluding hydrogens is 312 g/mol. The molecule has 0 amide bonds. The zero-order valence-electron chi connectivity index (χ0n) is 13.0. The van der Waals surface area contributed by atoms with E-state index in [9.17, 15) is 9.90 Å². The van der Waals surface area contributed by atoms with Crippen molar-refractivity contribution >= 4 is 22.6 Å². The van der Waals surface area contributed by atoms with E-state index in [0.29, 0.717) is 27.3 Å². The van der Waals surface area contributed by atoms with Crippen molar-refractivity contribution in [3.8, 4) is 16.9 Å². The van der Waals surface area contributed by atoms with Crippen LogP contribution in [0.15, 0.2) is 51.7 Å². The van der Waals surface area contributed by atoms with Gasteiger partial charge in [0.2, 0.25) is 5.43 Å². The number of aromatic hydroxyl groups is 1. The molecule has 1 aromatic heterocycles. The second-order valence-corrected chi connectivity index (χ2v) is 6.10. The standard InChI is InChI=1S/C19H17ClO3/c1-3-11(2)19-17(12-4-6-13(20)7-5-12)18(22)15-9-8-14(21)10-16(15)23-19/h4-11,21H,3H2,1-2H3. The smallest absolute Gasteiger partial charge is 0.200 e. The van der Waals surface area contributed by atoms with Gasteiger partial charge in [0, 0.05) is 17.0 Å². The highest BCUT2D eigenvalue weighted by molar-refractivity contribution is 6.30. The zero-order valence-corrected chi connectivity index (χ0v) is 13.7. The van der Waals surface area contributed by atoms with Crippen LogP contribution in [0.4, 0.5) is 0 Å². The van der Waals surface area contributed by atoms with Crippen molar-refractivity contribution < 1.29 is 9.52 Å². The van der Waals surface area contributed by atoms with Gasteiger partial charge < -0.3 is 9.52 Å². The van der Waals surface area contributed by atoms with Crippen LogP contribution < -0.4 is 5.43 Å². The third-order valence-corrected chi connectivity index (χ3v) is 4.35. The Morgan fingerprint density at radius 1 is 1.17 bits per heavy atom. The summed E-state index contributed by atoms with van der Waals surface area (Å²) >= 11 is 5.95. The minimum absolute atomic E-state index is 0.0787. The molecule has 4 heteroatoms. The maximum Gasteiger partial charge on any atom is 0.200 e. The summed E-state index contributed by atoms with van der Waals surface area (Å²) in [5, 5.41) is 10.7. The minimum Gasteiger partial charge on any atom is -0.508 e. The van der Waals surface area contributed by atoms with Crippen LogP contribution in [0, 0.1) is 0 Å². The fraction of sp³-hybridized carbons (Fsp3) is 0.211. The first-order chi connectivity index (χ1) is 11.0. The van der Waals surface area contributed by atoms with Crippen molar-refractivity contribution in [3.63, 3.8) is 0 Å². The van der Waals surface area contributed by atoms with Gasteiger partial charge in [-0.1, -0.05) is 37.6 Å². The maximum absolute atomic E-state index is 13.0. The quantitative estimate of drug-likeness (QED) is 0.706. The molecule has 1 heterocycles. The maximum atomic E-state index is 13.0. The summed E-state index contributed by atoms with van der Waals surface area (Å²) in [6, 6.07) is 11.7. The topological polar surface area (TPSA) is 50.4 Å². The molecule has 0 saturated carbocycles. The molecule has 3 rings (SSSR count). The first kappa shape index (κ1) is 15.6. The van der Waals surface area contributed by atoms with Gasteiger partial charge in [0.1, 0.15) is 17.1 Å². The highest BCUT2D eigenvalue weighted by atomic mass is 35.5. The van der Waals surface area contributed by atoms with Gasteiger partial charge in [-0.25, -0.2) is 0 Å². The largest absolute Gasteiger partial charge is 0.508 e. The van der Waals surface area contributed by atoms with Gasteiger partial charge in [-0.2, -0.15) is 0 Å². The van der Waals surface area contributed by atoms with E-state index in [1.54, 1.807) is 18.2 Å². The summed E-state index contributed by atoms with van der Waals surface area (Å²) < 4.78 is 6.00. The van der Waals surface area contributed by atoms with Crippen molar-refractivity contribution in [2.24, 2.45) is 0 Å². The number of hydrogen-bond donors (Lipinski definition) is 1. The molecule has 0 fully saturated rings. The van der Waals surface area contributed by atoms with Crippen LogP contribution in [0.1, 0.15) is 31.9 Å². The molecule has 3 nitrogen and oxygen atoms in total. The normalized spacial score (nSPS) is 12.5. The lowest BCUT2D eigenvalue weighted by Crippen LogP contribution is -2.10. The van der Waals surface area contributed by atoms with Gasteiger partial charge in [-0.15, -0.1) is 0 Å². The second kappa shape index (κ2) is 6.09. The van der Waals surface area contributed by atoms with Crippen molar-refractivity contribution in [1.29, 1.82) is 0 Å². The average molecular weight is 329 g/mol. The molecule has 0 aliphatic carbocycles. The fourth-order valence-electron chi connectivity index (χ4n) is 2.62. The van der Waals surface area contributed by atoms with Crippen LogP contribution in [0.5, 0.6) is 5.75 Å². The van der Waals surface area contributed by atoms with E-state index in [2.05, 4.69) is 0 Å². The Hall–Kier alpha value is -2.26. The van der Waals surface area contributed by atoms with E-state index < -0.39 is 0 Å². The molecule has 23 heavy (non-hydrogen) atoms. The van der Waals surface area contributed by atoms with Gasteiger partial charge in [-0.05, 0) is 36.2 Å². The number of rotatable bonds is 3. The predicted molar refractivity (Wildman–Crippen MR) is 93.3 cm³/mol. The summed E-state index contributed by atoms with van der Waals surface area (Å²) in [4.78, 5) is 13.0. The monoisotopic (exact) mass is 328 g/mol. The summed E-state index contributed by atoms with van der Waals surface area (Å²) in [6.07, 6.45) is 0.841. The van der Waals surface area contributed by atoms with Crippen LogP contribution in [0.25, 0.3) is 22.1 Å². The summed E-state index contributed by atoms with van der Waals surface area (Å²) in [5.74, 6) is 0.799. The van der Waals surface area contributed by atoms with E-state index in [1.807, 2.05) is 26.0 Å². The molecule has 0 aliphatic heterocycles. The molecule has 0 spiro atoms. The van der Waals surface area contributed by atoms with Gasteiger partial charge in [0.05, 0.1) is 10.9 Å². The first-order valence-electron chi connectivity index (χ1n) is 7.57. The highest BCUT2D eigenvalue weighted by Gasteiger charge is 2.20. The number of fused-ring (bicyclic) bond motifs is 1. The van der Waals surface area contributed by atoms with Crippen molar-refractivity contribution in [2.75, 3.05) is 0 Å². The van der Waals surface area contributed by atoms with Crippen molar-refractivity contribution in [2.45, 2.75) is 26.2 Å². The van der Waals surface area contributed by atoms with Crippen molar-refractivity contribution in [3.05, 3.63) is 63.5 Å². The Morgan fingerprint density at radius 2 is 1.87 bits per heavy atom. The first-order valence-corrected chi connectivity index (χ1v) is 7.94. The lowest BCUT2D eigenvalue weighted by molar-refractivity contribution is 0.467. The molecule has 0 saturated heterocycles. The van der Waals surface area contributed by atoms with Gasteiger partial charge in [0.25, 0.3) is 0 Å². The van der Waals surface area contributed by atoms with Crippen LogP contribution >= 0.6 is 11.6 Å². The predicted octanol–water partition coefficient (Wildman–Crippen LogP) is 5.33. The lowest BCUT2D eigenvalue weighted by atomic mass is 9.94. The molecule has 1 N–H and O–H groups in total. The number of phenolic OH excluding ortho intramolecular Hbond substituents is 1. The van der Waals surface area contributed by atoms with E-state index in [-0.39, 0.29) is 17.1 Å². The van der Waals surface area contributed by atoms with E-state index in [4.69, 9.17) is 16.0 Å². The molecular formula is C19H17ClO3. The minimum atomic E-state index is -0.0936. The molecule has 0 bridgehead atoms. The molecule has 2 aromatic carbocycles. The third kappa shape index (κ3) is 2.84. The van der Waals surface area contributed by atoms with Gasteiger partial charge >= 0.3 is 0 Å². The molecule has 1 atom stereocenters. The molecule has 118 valence electrons. The molecule has 0 aliphatic rings. The zero-order chi connectivity index (χ0) is 16.6. The Bertz CT molecular complexity index is 910. The fourth-order valence-corrected chi connectivity index (χ4v) is 2.75. The number of hydrogen-bond acceptors (Lipinski definition) is 3. The van der Waals surface area contributed by atoms with Gasteiger partial charge in [0.15, 0.2) is 0 Å². The Kier molecular flexibility index (Phi) is 4.14. The van der Waals surface area contributed by atoms with Gasteiger partial charge in [-0.3, -0.25) is 4.79 Å². The highest BCUT2D eigenvalue weighted by Crippen LogP contribution is 2.32. The summed E-state index contributed by atoms with van der Waals surface area (Å²) in [6.45, 7) is 4.06.